The molecule has 0 saturated carbocycles. The maximum absolute atomic E-state index is 12.5. The highest BCUT2D eigenvalue weighted by Gasteiger charge is 2.34. The number of nitro benzene ring substituents is 1. The van der Waals surface area contributed by atoms with E-state index in [4.69, 9.17) is 9.47 Å². The molecule has 30 heavy (non-hydrogen) atoms. The second-order valence-electron chi connectivity index (χ2n) is 6.83. The van der Waals surface area contributed by atoms with Crippen LogP contribution in [-0.4, -0.2) is 49.2 Å². The predicted molar refractivity (Wildman–Crippen MR) is 98.6 cm³/mol. The predicted octanol–water partition coefficient (Wildman–Crippen LogP) is 3.22. The fraction of sp³-hybridized carbons (Fsp3) is 0.368. The maximum Gasteiger partial charge on any atom is 0.573 e. The van der Waals surface area contributed by atoms with Crippen molar-refractivity contribution in [1.29, 1.82) is 0 Å². The third-order valence-electron chi connectivity index (χ3n) is 4.96. The first kappa shape index (κ1) is 20.2. The third kappa shape index (κ3) is 4.26. The first-order valence-electron chi connectivity index (χ1n) is 9.20. The number of hydrogen-bond acceptors (Lipinski definition) is 7. The molecule has 1 saturated heterocycles. The van der Waals surface area contributed by atoms with Gasteiger partial charge in [-0.25, -0.2) is 0 Å². The van der Waals surface area contributed by atoms with Gasteiger partial charge in [-0.1, -0.05) is 12.1 Å². The Kier molecular flexibility index (Phi) is 5.39. The SMILES string of the molecule is O=[N+]([O-])c1cc2c(cc1[C@H](c1ccc(OC(F)(F)F)cc1)N1CCNCC1)OCO2. The van der Waals surface area contributed by atoms with Gasteiger partial charge in [0.05, 0.1) is 22.6 Å². The molecule has 0 aliphatic carbocycles. The molecule has 1 atom stereocenters. The Bertz CT molecular complexity index is 930. The highest BCUT2D eigenvalue weighted by atomic mass is 19.4. The van der Waals surface area contributed by atoms with Crippen molar-refractivity contribution in [3.05, 3.63) is 57.6 Å². The van der Waals surface area contributed by atoms with Crippen molar-refractivity contribution in [1.82, 2.24) is 10.2 Å². The van der Waals surface area contributed by atoms with Crippen LogP contribution in [-0.2, 0) is 0 Å². The van der Waals surface area contributed by atoms with E-state index in [2.05, 4.69) is 10.1 Å². The lowest BCUT2D eigenvalue weighted by molar-refractivity contribution is -0.386. The summed E-state index contributed by atoms with van der Waals surface area (Å²) in [6.45, 7) is 2.56. The van der Waals surface area contributed by atoms with Crippen molar-refractivity contribution in [3.8, 4) is 17.2 Å². The number of alkyl halides is 3. The van der Waals surface area contributed by atoms with Crippen molar-refractivity contribution >= 4 is 5.69 Å². The minimum atomic E-state index is -4.80. The maximum atomic E-state index is 12.5. The first-order valence-corrected chi connectivity index (χ1v) is 9.20. The Hall–Kier alpha value is -3.05. The van der Waals surface area contributed by atoms with E-state index in [1.807, 2.05) is 4.90 Å². The molecule has 2 aliphatic heterocycles. The lowest BCUT2D eigenvalue weighted by atomic mass is 9.94. The number of halogens is 3. The van der Waals surface area contributed by atoms with Crippen molar-refractivity contribution in [3.63, 3.8) is 0 Å². The molecule has 2 aromatic carbocycles. The van der Waals surface area contributed by atoms with Gasteiger partial charge in [0.25, 0.3) is 5.69 Å². The van der Waals surface area contributed by atoms with Crippen LogP contribution in [0.1, 0.15) is 17.2 Å². The van der Waals surface area contributed by atoms with Gasteiger partial charge in [-0.15, -0.1) is 13.2 Å². The molecular formula is C19H18F3N3O5. The number of rotatable bonds is 5. The zero-order valence-electron chi connectivity index (χ0n) is 15.6. The van der Waals surface area contributed by atoms with Crippen molar-refractivity contribution in [2.75, 3.05) is 33.0 Å². The minimum absolute atomic E-state index is 0.0300. The molecule has 2 heterocycles. The Morgan fingerprint density at radius 3 is 2.33 bits per heavy atom. The van der Waals surface area contributed by atoms with E-state index in [9.17, 15) is 23.3 Å². The van der Waals surface area contributed by atoms with Gasteiger partial charge in [-0.3, -0.25) is 15.0 Å². The van der Waals surface area contributed by atoms with E-state index in [0.717, 1.165) is 0 Å². The molecule has 0 aromatic heterocycles. The minimum Gasteiger partial charge on any atom is -0.454 e. The summed E-state index contributed by atoms with van der Waals surface area (Å²) in [5.41, 5.74) is 0.849. The van der Waals surface area contributed by atoms with E-state index in [0.29, 0.717) is 48.8 Å². The van der Waals surface area contributed by atoms with Crippen molar-refractivity contribution in [2.24, 2.45) is 0 Å². The zero-order valence-corrected chi connectivity index (χ0v) is 15.6. The molecule has 11 heteroatoms. The van der Waals surface area contributed by atoms with Gasteiger partial charge >= 0.3 is 6.36 Å². The molecule has 1 N–H and O–H groups in total. The van der Waals surface area contributed by atoms with Gasteiger partial charge in [0, 0.05) is 26.2 Å². The van der Waals surface area contributed by atoms with Crippen molar-refractivity contribution < 1.29 is 32.3 Å². The van der Waals surface area contributed by atoms with Crippen LogP contribution in [0.15, 0.2) is 36.4 Å². The monoisotopic (exact) mass is 425 g/mol. The summed E-state index contributed by atoms with van der Waals surface area (Å²) in [5, 5.41) is 15.0. The molecular weight excluding hydrogens is 407 g/mol. The van der Waals surface area contributed by atoms with E-state index >= 15 is 0 Å². The molecule has 0 amide bonds. The lowest BCUT2D eigenvalue weighted by Crippen LogP contribution is -2.45. The molecule has 2 aromatic rings. The quantitative estimate of drug-likeness (QED) is 0.582. The van der Waals surface area contributed by atoms with Crippen LogP contribution >= 0.6 is 0 Å². The highest BCUT2D eigenvalue weighted by molar-refractivity contribution is 5.58. The van der Waals surface area contributed by atoms with Gasteiger partial charge in [0.1, 0.15) is 5.75 Å². The summed E-state index contributed by atoms with van der Waals surface area (Å²) in [4.78, 5) is 13.3. The van der Waals surface area contributed by atoms with Crippen LogP contribution in [0.3, 0.4) is 0 Å². The molecule has 0 bridgehead atoms. The number of fused-ring (bicyclic) bond motifs is 1. The zero-order chi connectivity index (χ0) is 21.3. The summed E-state index contributed by atoms with van der Waals surface area (Å²) in [5.74, 6) is 0.330. The van der Waals surface area contributed by atoms with Gasteiger partial charge in [0.15, 0.2) is 11.5 Å². The fourth-order valence-electron chi connectivity index (χ4n) is 3.70. The number of piperazine rings is 1. The number of hydrogen-bond donors (Lipinski definition) is 1. The van der Waals surface area contributed by atoms with Crippen LogP contribution < -0.4 is 19.5 Å². The summed E-state index contributed by atoms with van der Waals surface area (Å²) in [6, 6.07) is 7.74. The van der Waals surface area contributed by atoms with Gasteiger partial charge in [-0.2, -0.15) is 0 Å². The van der Waals surface area contributed by atoms with Crippen LogP contribution in [0.4, 0.5) is 18.9 Å². The first-order chi connectivity index (χ1) is 14.3. The number of ether oxygens (including phenoxy) is 3. The van der Waals surface area contributed by atoms with E-state index in [-0.39, 0.29) is 18.2 Å². The Morgan fingerprint density at radius 1 is 1.10 bits per heavy atom. The highest BCUT2D eigenvalue weighted by Crippen LogP contribution is 2.43. The van der Waals surface area contributed by atoms with Crippen LogP contribution in [0.25, 0.3) is 0 Å². The van der Waals surface area contributed by atoms with Gasteiger partial charge in [0.2, 0.25) is 6.79 Å². The topological polar surface area (TPSA) is 86.1 Å². The summed E-state index contributed by atoms with van der Waals surface area (Å²) in [7, 11) is 0. The number of nitro groups is 1. The van der Waals surface area contributed by atoms with E-state index in [1.165, 1.54) is 30.3 Å². The molecule has 8 nitrogen and oxygen atoms in total. The number of nitrogens with zero attached hydrogens (tertiary/aromatic N) is 2. The molecule has 0 unspecified atom stereocenters. The molecule has 0 radical (unpaired) electrons. The largest absolute Gasteiger partial charge is 0.573 e. The standard InChI is InChI=1S/C19H18F3N3O5/c20-19(21,22)30-13-3-1-12(2-4-13)18(24-7-5-23-6-8-24)14-9-16-17(29-11-28-16)10-15(14)25(26)27/h1-4,9-10,18,23H,5-8,11H2/t18-/m0/s1. The molecule has 160 valence electrons. The van der Waals surface area contributed by atoms with Crippen molar-refractivity contribution in [2.45, 2.75) is 12.4 Å². The Balaban J connectivity index is 1.77. The van der Waals surface area contributed by atoms with E-state index in [1.54, 1.807) is 6.07 Å². The smallest absolute Gasteiger partial charge is 0.454 e. The lowest BCUT2D eigenvalue weighted by Gasteiger charge is -2.35. The molecule has 1 fully saturated rings. The summed E-state index contributed by atoms with van der Waals surface area (Å²) < 4.78 is 52.1. The fourth-order valence-corrected chi connectivity index (χ4v) is 3.70. The Labute approximate surface area is 169 Å². The molecule has 4 rings (SSSR count). The number of nitrogens with one attached hydrogen (secondary N) is 1. The number of benzene rings is 2. The van der Waals surface area contributed by atoms with Gasteiger partial charge in [-0.05, 0) is 23.8 Å². The second kappa shape index (κ2) is 8.00. The second-order valence-corrected chi connectivity index (χ2v) is 6.83. The van der Waals surface area contributed by atoms with E-state index < -0.39 is 17.3 Å². The average molecular weight is 425 g/mol. The van der Waals surface area contributed by atoms with Crippen LogP contribution in [0.2, 0.25) is 0 Å². The third-order valence-corrected chi connectivity index (χ3v) is 4.96. The van der Waals surface area contributed by atoms with Crippen LogP contribution in [0, 0.1) is 10.1 Å². The average Bonchev–Trinajstić information content (AvgIpc) is 3.16. The van der Waals surface area contributed by atoms with Crippen LogP contribution in [0.5, 0.6) is 17.2 Å². The normalized spacial score (nSPS) is 17.6. The van der Waals surface area contributed by atoms with Gasteiger partial charge < -0.3 is 19.5 Å². The summed E-state index contributed by atoms with van der Waals surface area (Å²) in [6.07, 6.45) is -4.80. The molecule has 2 aliphatic rings. The summed E-state index contributed by atoms with van der Waals surface area (Å²) >= 11 is 0. The molecule has 0 spiro atoms. The Morgan fingerprint density at radius 2 is 1.73 bits per heavy atom.